The summed E-state index contributed by atoms with van der Waals surface area (Å²) in [5.41, 5.74) is 2.34. The number of hydrogen-bond acceptors (Lipinski definition) is 7. The lowest BCUT2D eigenvalue weighted by Crippen LogP contribution is -2.49. The maximum absolute atomic E-state index is 13.9. The minimum absolute atomic E-state index is 0.00447. The topological polar surface area (TPSA) is 107 Å². The number of hydrogen-bond donors (Lipinski definition) is 1. The summed E-state index contributed by atoms with van der Waals surface area (Å²) in [5.74, 6) is 0.328. The first-order valence-electron chi connectivity index (χ1n) is 13.2. The van der Waals surface area contributed by atoms with Crippen molar-refractivity contribution in [3.05, 3.63) is 75.9 Å². The second-order valence-corrected chi connectivity index (χ2v) is 14.1. The number of methoxy groups -OCH3 is 1. The molecule has 2 heterocycles. The van der Waals surface area contributed by atoms with E-state index in [0.29, 0.717) is 22.9 Å². The molecule has 1 aromatic heterocycles. The molecule has 5 rings (SSSR count). The fraction of sp³-hybridized carbons (Fsp3) is 0.333. The van der Waals surface area contributed by atoms with Crippen LogP contribution in [-0.4, -0.2) is 38.7 Å². The number of sulfonamides is 1. The number of benzene rings is 3. The molecule has 0 unspecified atom stereocenters. The van der Waals surface area contributed by atoms with Gasteiger partial charge in [-0.05, 0) is 79.4 Å². The molecule has 9 nitrogen and oxygen atoms in total. The standard InChI is InChI=1S/C30H33N3O6S2/c1-18(2)33-23-13-8-20(16-27(23)40-29(33)35)31-28(34)26-17-32(41(36,37)22-11-9-21(38-6)10-12-22)24-15-19(30(3,4)5)7-14-25(24)39-26/h7-16,18,26H,17H2,1-6H3,(H,31,34)/t26-/m1/s1. The predicted molar refractivity (Wildman–Crippen MR) is 162 cm³/mol. The number of ether oxygens (including phenoxy) is 2. The van der Waals surface area contributed by atoms with Crippen LogP contribution in [0.3, 0.4) is 0 Å². The van der Waals surface area contributed by atoms with Gasteiger partial charge in [-0.25, -0.2) is 8.42 Å². The molecule has 0 saturated carbocycles. The summed E-state index contributed by atoms with van der Waals surface area (Å²) >= 11 is 1.11. The number of amides is 1. The van der Waals surface area contributed by atoms with Gasteiger partial charge in [-0.1, -0.05) is 38.2 Å². The normalized spacial score (nSPS) is 15.5. The van der Waals surface area contributed by atoms with Gasteiger partial charge in [-0.2, -0.15) is 0 Å². The van der Waals surface area contributed by atoms with Crippen molar-refractivity contribution in [1.29, 1.82) is 0 Å². The van der Waals surface area contributed by atoms with Crippen molar-refractivity contribution in [3.63, 3.8) is 0 Å². The van der Waals surface area contributed by atoms with Crippen LogP contribution in [0.25, 0.3) is 10.2 Å². The molecule has 216 valence electrons. The predicted octanol–water partition coefficient (Wildman–Crippen LogP) is 5.55. The van der Waals surface area contributed by atoms with Crippen molar-refractivity contribution in [1.82, 2.24) is 4.57 Å². The summed E-state index contributed by atoms with van der Waals surface area (Å²) in [7, 11) is -2.55. The Morgan fingerprint density at radius 3 is 2.41 bits per heavy atom. The van der Waals surface area contributed by atoms with E-state index in [0.717, 1.165) is 27.1 Å². The molecule has 1 amide bonds. The van der Waals surface area contributed by atoms with Gasteiger partial charge in [0.15, 0.2) is 6.10 Å². The van der Waals surface area contributed by atoms with Gasteiger partial charge >= 0.3 is 4.87 Å². The highest BCUT2D eigenvalue weighted by molar-refractivity contribution is 7.92. The average molecular weight is 596 g/mol. The maximum atomic E-state index is 13.9. The van der Waals surface area contributed by atoms with Crippen molar-refractivity contribution in [3.8, 4) is 11.5 Å². The molecule has 4 aromatic rings. The molecule has 1 atom stereocenters. The Balaban J connectivity index is 1.50. The number of anilines is 2. The Kier molecular flexibility index (Phi) is 7.37. The van der Waals surface area contributed by atoms with Gasteiger partial charge in [0, 0.05) is 11.7 Å². The molecular weight excluding hydrogens is 562 g/mol. The van der Waals surface area contributed by atoms with Crippen LogP contribution in [0.2, 0.25) is 0 Å². The molecule has 11 heteroatoms. The zero-order chi connectivity index (χ0) is 29.7. The van der Waals surface area contributed by atoms with E-state index in [1.807, 2.05) is 40.7 Å². The minimum atomic E-state index is -4.06. The Morgan fingerprint density at radius 2 is 1.78 bits per heavy atom. The fourth-order valence-electron chi connectivity index (χ4n) is 4.78. The Hall–Kier alpha value is -3.83. The van der Waals surface area contributed by atoms with Gasteiger partial charge in [-0.3, -0.25) is 18.5 Å². The van der Waals surface area contributed by atoms with E-state index >= 15 is 0 Å². The fourth-order valence-corrected chi connectivity index (χ4v) is 7.30. The summed E-state index contributed by atoms with van der Waals surface area (Å²) in [6.45, 7) is 9.79. The number of thiazole rings is 1. The molecule has 0 aliphatic carbocycles. The molecule has 3 aromatic carbocycles. The number of fused-ring (bicyclic) bond motifs is 2. The average Bonchev–Trinajstić information content (AvgIpc) is 3.26. The summed E-state index contributed by atoms with van der Waals surface area (Å²) < 4.78 is 42.8. The SMILES string of the molecule is COc1ccc(S(=O)(=O)N2C[C@H](C(=O)Nc3ccc4c(c3)sc(=O)n4C(C)C)Oc3ccc(C(C)(C)C)cc32)cc1. The van der Waals surface area contributed by atoms with E-state index in [2.05, 4.69) is 5.32 Å². The molecule has 41 heavy (non-hydrogen) atoms. The molecule has 0 radical (unpaired) electrons. The molecule has 0 saturated heterocycles. The lowest BCUT2D eigenvalue weighted by molar-refractivity contribution is -0.122. The monoisotopic (exact) mass is 595 g/mol. The van der Waals surface area contributed by atoms with Gasteiger partial charge in [-0.15, -0.1) is 0 Å². The molecule has 0 fully saturated rings. The Morgan fingerprint density at radius 1 is 1.07 bits per heavy atom. The molecular formula is C30H33N3O6S2. The van der Waals surface area contributed by atoms with Crippen LogP contribution in [0.4, 0.5) is 11.4 Å². The van der Waals surface area contributed by atoms with Gasteiger partial charge in [0.1, 0.15) is 11.5 Å². The minimum Gasteiger partial charge on any atom is -0.497 e. The van der Waals surface area contributed by atoms with Gasteiger partial charge in [0.25, 0.3) is 15.9 Å². The van der Waals surface area contributed by atoms with Gasteiger partial charge in [0.2, 0.25) is 0 Å². The van der Waals surface area contributed by atoms with Crippen molar-refractivity contribution in [2.45, 2.75) is 57.1 Å². The van der Waals surface area contributed by atoms with Crippen LogP contribution >= 0.6 is 11.3 Å². The quantitative estimate of drug-likeness (QED) is 0.314. The van der Waals surface area contributed by atoms with Crippen LogP contribution in [0, 0.1) is 0 Å². The summed E-state index contributed by atoms with van der Waals surface area (Å²) in [6, 6.07) is 16.8. The molecule has 0 bridgehead atoms. The Bertz CT molecular complexity index is 1780. The van der Waals surface area contributed by atoms with E-state index < -0.39 is 22.0 Å². The smallest absolute Gasteiger partial charge is 0.308 e. The van der Waals surface area contributed by atoms with Crippen molar-refractivity contribution in [2.24, 2.45) is 0 Å². The van der Waals surface area contributed by atoms with E-state index in [-0.39, 0.29) is 27.8 Å². The molecule has 1 aliphatic rings. The summed E-state index contributed by atoms with van der Waals surface area (Å²) in [5, 5.41) is 2.85. The lowest BCUT2D eigenvalue weighted by atomic mass is 9.86. The van der Waals surface area contributed by atoms with Crippen LogP contribution < -0.4 is 24.0 Å². The first-order valence-corrected chi connectivity index (χ1v) is 15.5. The second-order valence-electron chi connectivity index (χ2n) is 11.3. The highest BCUT2D eigenvalue weighted by Crippen LogP contribution is 2.40. The van der Waals surface area contributed by atoms with E-state index in [1.54, 1.807) is 47.0 Å². The third-order valence-electron chi connectivity index (χ3n) is 7.03. The third-order valence-corrected chi connectivity index (χ3v) is 9.74. The highest BCUT2D eigenvalue weighted by Gasteiger charge is 2.38. The summed E-state index contributed by atoms with van der Waals surface area (Å²) in [4.78, 5) is 25.9. The van der Waals surface area contributed by atoms with Crippen molar-refractivity contribution < 1.29 is 22.7 Å². The van der Waals surface area contributed by atoms with Crippen LogP contribution in [0.1, 0.15) is 46.2 Å². The van der Waals surface area contributed by atoms with E-state index in [4.69, 9.17) is 9.47 Å². The van der Waals surface area contributed by atoms with Crippen molar-refractivity contribution in [2.75, 3.05) is 23.3 Å². The highest BCUT2D eigenvalue weighted by atomic mass is 32.2. The maximum Gasteiger partial charge on any atom is 0.308 e. The first kappa shape index (κ1) is 28.7. The molecule has 1 aliphatic heterocycles. The molecule has 1 N–H and O–H groups in total. The molecule has 0 spiro atoms. The number of nitrogens with one attached hydrogen (secondary N) is 1. The number of nitrogens with zero attached hydrogens (tertiary/aromatic N) is 2. The number of carbonyl (C=O) groups excluding carboxylic acids is 1. The second kappa shape index (κ2) is 10.5. The van der Waals surface area contributed by atoms with E-state index in [1.165, 1.54) is 23.5 Å². The number of rotatable bonds is 6. The van der Waals surface area contributed by atoms with E-state index in [9.17, 15) is 18.0 Å². The van der Waals surface area contributed by atoms with Crippen molar-refractivity contribution >= 4 is 48.9 Å². The largest absolute Gasteiger partial charge is 0.497 e. The zero-order valence-electron chi connectivity index (χ0n) is 23.8. The van der Waals surface area contributed by atoms with Crippen LogP contribution in [0.5, 0.6) is 11.5 Å². The van der Waals surface area contributed by atoms with Crippen LogP contribution in [-0.2, 0) is 20.2 Å². The lowest BCUT2D eigenvalue weighted by Gasteiger charge is -2.36. The van der Waals surface area contributed by atoms with Crippen LogP contribution in [0.15, 0.2) is 70.4 Å². The van der Waals surface area contributed by atoms with Gasteiger partial charge < -0.3 is 14.8 Å². The third kappa shape index (κ3) is 5.43. The zero-order valence-corrected chi connectivity index (χ0v) is 25.4. The first-order chi connectivity index (χ1) is 19.3. The summed E-state index contributed by atoms with van der Waals surface area (Å²) in [6.07, 6.45) is -1.12. The number of aromatic nitrogens is 1. The Labute approximate surface area is 243 Å². The van der Waals surface area contributed by atoms with Gasteiger partial charge in [0.05, 0.1) is 34.5 Å². The number of carbonyl (C=O) groups is 1.